The Balaban J connectivity index is 1.67. The summed E-state index contributed by atoms with van der Waals surface area (Å²) in [5, 5.41) is 6.90. The van der Waals surface area contributed by atoms with Gasteiger partial charge in [0.05, 0.1) is 5.75 Å². The van der Waals surface area contributed by atoms with Crippen molar-refractivity contribution in [2.24, 2.45) is 0 Å². The summed E-state index contributed by atoms with van der Waals surface area (Å²) in [6.07, 6.45) is 2.59. The van der Waals surface area contributed by atoms with Gasteiger partial charge in [0.2, 0.25) is 5.91 Å². The number of amides is 1. The zero-order valence-corrected chi connectivity index (χ0v) is 15.3. The van der Waals surface area contributed by atoms with Gasteiger partial charge in [-0.2, -0.15) is 0 Å². The second-order valence-electron chi connectivity index (χ2n) is 5.55. The third-order valence-corrected chi connectivity index (χ3v) is 5.77. The fraction of sp³-hybridized carbons (Fsp3) is 0.278. The number of nitrogens with one attached hydrogen (secondary N) is 1. The van der Waals surface area contributed by atoms with Gasteiger partial charge in [-0.3, -0.25) is 4.79 Å². The number of carbonyl (C=O) groups is 1. The highest BCUT2D eigenvalue weighted by Crippen LogP contribution is 2.29. The summed E-state index contributed by atoms with van der Waals surface area (Å²) in [6.45, 7) is 4.33. The van der Waals surface area contributed by atoms with Crippen LogP contribution in [-0.4, -0.2) is 21.6 Å². The first-order valence-corrected chi connectivity index (χ1v) is 9.75. The Hall–Kier alpha value is -1.92. The lowest BCUT2D eigenvalue weighted by molar-refractivity contribution is -0.113. The summed E-state index contributed by atoms with van der Waals surface area (Å²) in [6, 6.07) is 10.0. The van der Waals surface area contributed by atoms with Gasteiger partial charge in [0.25, 0.3) is 0 Å². The highest BCUT2D eigenvalue weighted by atomic mass is 32.2. The third kappa shape index (κ3) is 3.76. The molecule has 3 rings (SSSR count). The summed E-state index contributed by atoms with van der Waals surface area (Å²) in [7, 11) is 0. The van der Waals surface area contributed by atoms with E-state index in [4.69, 9.17) is 0 Å². The molecule has 0 bridgehead atoms. The van der Waals surface area contributed by atoms with E-state index in [1.54, 1.807) is 17.7 Å². The van der Waals surface area contributed by atoms with Gasteiger partial charge in [-0.25, -0.2) is 9.97 Å². The molecular weight excluding hydrogens is 338 g/mol. The van der Waals surface area contributed by atoms with E-state index in [9.17, 15) is 4.79 Å². The zero-order chi connectivity index (χ0) is 16.9. The van der Waals surface area contributed by atoms with Gasteiger partial charge in [-0.1, -0.05) is 43.8 Å². The van der Waals surface area contributed by atoms with E-state index in [0.717, 1.165) is 27.4 Å². The highest BCUT2D eigenvalue weighted by molar-refractivity contribution is 8.00. The van der Waals surface area contributed by atoms with Gasteiger partial charge in [-0.05, 0) is 35.4 Å². The van der Waals surface area contributed by atoms with Crippen molar-refractivity contribution in [3.8, 4) is 0 Å². The van der Waals surface area contributed by atoms with Crippen molar-refractivity contribution in [3.63, 3.8) is 0 Å². The van der Waals surface area contributed by atoms with Crippen LogP contribution < -0.4 is 5.32 Å². The fourth-order valence-electron chi connectivity index (χ4n) is 2.46. The molecule has 3 aromatic rings. The van der Waals surface area contributed by atoms with Gasteiger partial charge in [0.15, 0.2) is 0 Å². The number of hydrogen-bond acceptors (Lipinski definition) is 5. The monoisotopic (exact) mass is 357 g/mol. The maximum Gasteiger partial charge on any atom is 0.234 e. The van der Waals surface area contributed by atoms with Crippen molar-refractivity contribution in [2.75, 3.05) is 11.1 Å². The van der Waals surface area contributed by atoms with Crippen molar-refractivity contribution in [1.29, 1.82) is 0 Å². The molecule has 0 aliphatic rings. The molecule has 1 amide bonds. The molecule has 124 valence electrons. The molecular formula is C18H19N3OS2. The first kappa shape index (κ1) is 16.9. The van der Waals surface area contributed by atoms with Crippen LogP contribution in [0.1, 0.15) is 31.7 Å². The smallest absolute Gasteiger partial charge is 0.234 e. The number of thiophene rings is 1. The van der Waals surface area contributed by atoms with Crippen LogP contribution in [0.3, 0.4) is 0 Å². The SMILES string of the molecule is CC[C@H](C)c1ccccc1NC(=O)CSc1ncnc2sccc12. The van der Waals surface area contributed by atoms with Gasteiger partial charge in [0.1, 0.15) is 16.2 Å². The number of benzene rings is 1. The zero-order valence-electron chi connectivity index (χ0n) is 13.7. The van der Waals surface area contributed by atoms with Crippen molar-refractivity contribution in [2.45, 2.75) is 31.2 Å². The molecule has 0 saturated carbocycles. The van der Waals surface area contributed by atoms with Crippen LogP contribution in [0.15, 0.2) is 47.1 Å². The summed E-state index contributed by atoms with van der Waals surface area (Å²) < 4.78 is 0. The average molecular weight is 358 g/mol. The van der Waals surface area contributed by atoms with Crippen molar-refractivity contribution in [3.05, 3.63) is 47.6 Å². The second kappa shape index (κ2) is 7.77. The minimum Gasteiger partial charge on any atom is -0.325 e. The molecule has 0 saturated heterocycles. The predicted molar refractivity (Wildman–Crippen MR) is 102 cm³/mol. The van der Waals surface area contributed by atoms with E-state index in [0.29, 0.717) is 11.7 Å². The molecule has 2 heterocycles. The first-order chi connectivity index (χ1) is 11.7. The number of carbonyl (C=O) groups excluding carboxylic acids is 1. The van der Waals surface area contributed by atoms with Crippen molar-refractivity contribution in [1.82, 2.24) is 9.97 Å². The molecule has 2 aromatic heterocycles. The molecule has 1 aromatic carbocycles. The van der Waals surface area contributed by atoms with Gasteiger partial charge in [0, 0.05) is 11.1 Å². The molecule has 1 atom stereocenters. The van der Waals surface area contributed by atoms with Gasteiger partial charge < -0.3 is 5.32 Å². The lowest BCUT2D eigenvalue weighted by atomic mass is 9.97. The Kier molecular flexibility index (Phi) is 5.48. The van der Waals surface area contributed by atoms with Gasteiger partial charge in [-0.15, -0.1) is 11.3 Å². The van der Waals surface area contributed by atoms with Crippen LogP contribution in [0.25, 0.3) is 10.2 Å². The predicted octanol–water partition coefficient (Wildman–Crippen LogP) is 4.94. The standard InChI is InChI=1S/C18H19N3OS2/c1-3-12(2)13-6-4-5-7-15(13)21-16(22)10-24-18-14-8-9-23-17(14)19-11-20-18/h4-9,11-12H,3,10H2,1-2H3,(H,21,22)/t12-/m0/s1. The van der Waals surface area contributed by atoms with Crippen LogP contribution in [0.5, 0.6) is 0 Å². The quantitative estimate of drug-likeness (QED) is 0.502. The number of aromatic nitrogens is 2. The van der Waals surface area contributed by atoms with E-state index in [1.165, 1.54) is 17.3 Å². The van der Waals surface area contributed by atoms with Crippen LogP contribution >= 0.6 is 23.1 Å². The Bertz CT molecular complexity index is 847. The minimum absolute atomic E-state index is 0.0160. The average Bonchev–Trinajstić information content (AvgIpc) is 3.09. The maximum atomic E-state index is 12.4. The highest BCUT2D eigenvalue weighted by Gasteiger charge is 2.12. The molecule has 0 spiro atoms. The van der Waals surface area contributed by atoms with Crippen molar-refractivity contribution < 1.29 is 4.79 Å². The summed E-state index contributed by atoms with van der Waals surface area (Å²) in [5.74, 6) is 0.732. The summed E-state index contributed by atoms with van der Waals surface area (Å²) in [5.41, 5.74) is 2.08. The van der Waals surface area contributed by atoms with Crippen molar-refractivity contribution >= 4 is 44.9 Å². The number of anilines is 1. The number of thioether (sulfide) groups is 1. The number of hydrogen-bond donors (Lipinski definition) is 1. The third-order valence-electron chi connectivity index (χ3n) is 3.94. The van der Waals surface area contributed by atoms with E-state index in [-0.39, 0.29) is 5.91 Å². The Morgan fingerprint density at radius 3 is 2.96 bits per heavy atom. The molecule has 24 heavy (non-hydrogen) atoms. The van der Waals surface area contributed by atoms with Gasteiger partial charge >= 0.3 is 0 Å². The Labute approximate surface area is 149 Å². The minimum atomic E-state index is -0.0160. The van der Waals surface area contributed by atoms with E-state index in [2.05, 4.69) is 35.2 Å². The largest absolute Gasteiger partial charge is 0.325 e. The lowest BCUT2D eigenvalue weighted by Crippen LogP contribution is -2.16. The molecule has 0 fully saturated rings. The fourth-order valence-corrected chi connectivity index (χ4v) is 4.04. The van der Waals surface area contributed by atoms with Crippen LogP contribution in [0, 0.1) is 0 Å². The number of fused-ring (bicyclic) bond motifs is 1. The van der Waals surface area contributed by atoms with E-state index >= 15 is 0 Å². The molecule has 0 aliphatic heterocycles. The van der Waals surface area contributed by atoms with Crippen LogP contribution in [0.2, 0.25) is 0 Å². The number of nitrogens with zero attached hydrogens (tertiary/aromatic N) is 2. The van der Waals surface area contributed by atoms with E-state index in [1.807, 2.05) is 29.6 Å². The molecule has 0 unspecified atom stereocenters. The first-order valence-electron chi connectivity index (χ1n) is 7.88. The van der Waals surface area contributed by atoms with E-state index < -0.39 is 0 Å². The lowest BCUT2D eigenvalue weighted by Gasteiger charge is -2.15. The molecule has 1 N–H and O–H groups in total. The Morgan fingerprint density at radius 1 is 1.29 bits per heavy atom. The molecule has 6 heteroatoms. The molecule has 0 aliphatic carbocycles. The number of para-hydroxylation sites is 1. The molecule has 0 radical (unpaired) electrons. The normalized spacial score (nSPS) is 12.2. The Morgan fingerprint density at radius 2 is 2.12 bits per heavy atom. The maximum absolute atomic E-state index is 12.4. The second-order valence-corrected chi connectivity index (χ2v) is 7.41. The van der Waals surface area contributed by atoms with Crippen LogP contribution in [0.4, 0.5) is 5.69 Å². The number of rotatable bonds is 6. The van der Waals surface area contributed by atoms with Crippen LogP contribution in [-0.2, 0) is 4.79 Å². The topological polar surface area (TPSA) is 54.9 Å². The summed E-state index contributed by atoms with van der Waals surface area (Å²) in [4.78, 5) is 21.8. The summed E-state index contributed by atoms with van der Waals surface area (Å²) >= 11 is 3.03. The molecule has 4 nitrogen and oxygen atoms in total.